The number of alkyl halides is 3. The van der Waals surface area contributed by atoms with Gasteiger partial charge in [0.1, 0.15) is 0 Å². The molecule has 0 amide bonds. The van der Waals surface area contributed by atoms with Crippen LogP contribution in [-0.4, -0.2) is 27.9 Å². The zero-order valence-electron chi connectivity index (χ0n) is 9.79. The lowest BCUT2D eigenvalue weighted by atomic mass is 10.2. The van der Waals surface area contributed by atoms with E-state index in [-0.39, 0.29) is 18.0 Å². The topological polar surface area (TPSA) is 55.4 Å². The molecule has 0 heterocycles. The molecular weight excluding hydrogens is 307 g/mol. The molecule has 0 atom stereocenters. The number of ether oxygens (including phenoxy) is 1. The van der Waals surface area contributed by atoms with Gasteiger partial charge < -0.3 is 4.74 Å². The number of rotatable bonds is 5. The van der Waals surface area contributed by atoms with Gasteiger partial charge in [0, 0.05) is 12.8 Å². The molecule has 0 saturated carbocycles. The number of halogens is 4. The molecule has 1 rings (SSSR count). The summed E-state index contributed by atoms with van der Waals surface area (Å²) in [5, 5.41) is -0.493. The summed E-state index contributed by atoms with van der Waals surface area (Å²) >= 11 is 5.42. The fourth-order valence-electron chi connectivity index (χ4n) is 1.23. The predicted molar refractivity (Wildman–Crippen MR) is 65.7 cm³/mol. The van der Waals surface area contributed by atoms with E-state index >= 15 is 0 Å². The molecule has 9 heteroatoms. The highest BCUT2D eigenvalue weighted by molar-refractivity contribution is 7.92. The third-order valence-corrected chi connectivity index (χ3v) is 3.68. The highest BCUT2D eigenvalue weighted by Crippen LogP contribution is 2.36. The first-order chi connectivity index (χ1) is 8.65. The second-order valence-corrected chi connectivity index (χ2v) is 5.86. The second kappa shape index (κ2) is 5.98. The molecule has 1 N–H and O–H groups in total. The van der Waals surface area contributed by atoms with E-state index in [2.05, 4.69) is 4.74 Å². The number of hydrogen-bond acceptors (Lipinski definition) is 3. The first-order valence-electron chi connectivity index (χ1n) is 5.02. The van der Waals surface area contributed by atoms with Crippen LogP contribution in [0.2, 0.25) is 5.02 Å². The normalized spacial score (nSPS) is 12.5. The molecule has 0 aliphatic rings. The zero-order valence-corrected chi connectivity index (χ0v) is 11.4. The Morgan fingerprint density at radius 1 is 1.37 bits per heavy atom. The molecule has 4 nitrogen and oxygen atoms in total. The summed E-state index contributed by atoms with van der Waals surface area (Å²) in [7, 11) is -2.44. The summed E-state index contributed by atoms with van der Waals surface area (Å²) in [6.45, 7) is -0.0605. The van der Waals surface area contributed by atoms with Gasteiger partial charge in [0.25, 0.3) is 0 Å². The van der Waals surface area contributed by atoms with Gasteiger partial charge in [-0.15, -0.1) is 0 Å². The minimum absolute atomic E-state index is 0.0605. The van der Waals surface area contributed by atoms with E-state index in [9.17, 15) is 21.6 Å². The fourth-order valence-corrected chi connectivity index (χ4v) is 2.43. The molecule has 0 saturated heterocycles. The molecule has 0 bridgehead atoms. The Hall–Kier alpha value is -0.990. The molecule has 0 spiro atoms. The van der Waals surface area contributed by atoms with Crippen molar-refractivity contribution in [1.82, 2.24) is 0 Å². The van der Waals surface area contributed by atoms with Crippen LogP contribution in [0.4, 0.5) is 18.9 Å². The molecule has 19 heavy (non-hydrogen) atoms. The van der Waals surface area contributed by atoms with E-state index < -0.39 is 26.8 Å². The van der Waals surface area contributed by atoms with Crippen molar-refractivity contribution in [2.45, 2.75) is 6.18 Å². The highest BCUT2D eigenvalue weighted by Gasteiger charge is 2.33. The monoisotopic (exact) mass is 317 g/mol. The van der Waals surface area contributed by atoms with Gasteiger partial charge in [-0.05, 0) is 18.2 Å². The van der Waals surface area contributed by atoms with E-state index in [4.69, 9.17) is 11.6 Å². The Labute approximate surface area is 113 Å². The first kappa shape index (κ1) is 16.1. The molecule has 0 fully saturated rings. The summed E-state index contributed by atoms with van der Waals surface area (Å²) < 4.78 is 67.4. The van der Waals surface area contributed by atoms with Gasteiger partial charge in [-0.3, -0.25) is 4.72 Å². The summed E-state index contributed by atoms with van der Waals surface area (Å²) in [5.41, 5.74) is -1.30. The minimum atomic E-state index is -4.65. The van der Waals surface area contributed by atoms with Crippen LogP contribution in [-0.2, 0) is 20.9 Å². The van der Waals surface area contributed by atoms with Crippen molar-refractivity contribution in [3.63, 3.8) is 0 Å². The van der Waals surface area contributed by atoms with Crippen molar-refractivity contribution in [2.75, 3.05) is 24.2 Å². The van der Waals surface area contributed by atoms with Crippen LogP contribution in [0.5, 0.6) is 0 Å². The van der Waals surface area contributed by atoms with Gasteiger partial charge in [0.15, 0.2) is 0 Å². The Bertz CT molecular complexity index is 545. The smallest absolute Gasteiger partial charge is 0.384 e. The number of methoxy groups -OCH3 is 1. The standard InChI is InChI=1S/C10H11ClF3NO3S/c1-18-4-5-19(16,17)15-7-2-3-9(11)8(6-7)10(12,13)14/h2-3,6,15H,4-5H2,1H3. The van der Waals surface area contributed by atoms with E-state index in [0.717, 1.165) is 12.1 Å². The molecule has 1 aromatic carbocycles. The molecule has 108 valence electrons. The fraction of sp³-hybridized carbons (Fsp3) is 0.400. The summed E-state index contributed by atoms with van der Waals surface area (Å²) in [4.78, 5) is 0. The van der Waals surface area contributed by atoms with Crippen molar-refractivity contribution in [3.8, 4) is 0 Å². The summed E-state index contributed by atoms with van der Waals surface area (Å²) in [5.74, 6) is -0.354. The number of hydrogen-bond donors (Lipinski definition) is 1. The SMILES string of the molecule is COCCS(=O)(=O)Nc1ccc(Cl)c(C(F)(F)F)c1. The Morgan fingerprint density at radius 2 is 2.00 bits per heavy atom. The maximum Gasteiger partial charge on any atom is 0.417 e. The third kappa shape index (κ3) is 4.88. The Kier molecular flexibility index (Phi) is 5.05. The van der Waals surface area contributed by atoms with Gasteiger partial charge in [-0.1, -0.05) is 11.6 Å². The second-order valence-electron chi connectivity index (χ2n) is 3.61. The highest BCUT2D eigenvalue weighted by atomic mass is 35.5. The van der Waals surface area contributed by atoms with Crippen molar-refractivity contribution >= 4 is 27.3 Å². The van der Waals surface area contributed by atoms with Crippen LogP contribution < -0.4 is 4.72 Å². The van der Waals surface area contributed by atoms with Gasteiger partial charge in [-0.2, -0.15) is 13.2 Å². The average molecular weight is 318 g/mol. The van der Waals surface area contributed by atoms with Gasteiger partial charge in [0.2, 0.25) is 10.0 Å². The molecule has 0 aliphatic carbocycles. The molecule has 0 radical (unpaired) electrons. The van der Waals surface area contributed by atoms with Crippen LogP contribution in [0.3, 0.4) is 0 Å². The van der Waals surface area contributed by atoms with Crippen molar-refractivity contribution in [3.05, 3.63) is 28.8 Å². The molecule has 0 aliphatic heterocycles. The zero-order chi connectivity index (χ0) is 14.7. The number of anilines is 1. The summed E-state index contributed by atoms with van der Waals surface area (Å²) in [6.07, 6.45) is -4.65. The van der Waals surface area contributed by atoms with Crippen LogP contribution in [0.15, 0.2) is 18.2 Å². The lowest BCUT2D eigenvalue weighted by Gasteiger charge is -2.12. The van der Waals surface area contributed by atoms with Crippen molar-refractivity contribution in [1.29, 1.82) is 0 Å². The van der Waals surface area contributed by atoms with Crippen LogP contribution in [0, 0.1) is 0 Å². The van der Waals surface area contributed by atoms with E-state index in [1.165, 1.54) is 7.11 Å². The van der Waals surface area contributed by atoms with Gasteiger partial charge in [0.05, 0.1) is 22.9 Å². The van der Waals surface area contributed by atoms with Crippen LogP contribution in [0.25, 0.3) is 0 Å². The van der Waals surface area contributed by atoms with Crippen molar-refractivity contribution < 1.29 is 26.3 Å². The summed E-state index contributed by atoms with van der Waals surface area (Å²) in [6, 6.07) is 2.78. The van der Waals surface area contributed by atoms with Gasteiger partial charge >= 0.3 is 6.18 Å². The largest absolute Gasteiger partial charge is 0.417 e. The lowest BCUT2D eigenvalue weighted by Crippen LogP contribution is -2.20. The Balaban J connectivity index is 2.98. The number of benzene rings is 1. The van der Waals surface area contributed by atoms with E-state index in [1.54, 1.807) is 0 Å². The first-order valence-corrected chi connectivity index (χ1v) is 7.05. The van der Waals surface area contributed by atoms with Crippen LogP contribution >= 0.6 is 11.6 Å². The van der Waals surface area contributed by atoms with E-state index in [0.29, 0.717) is 6.07 Å². The third-order valence-electron chi connectivity index (χ3n) is 2.10. The maximum absolute atomic E-state index is 12.6. The van der Waals surface area contributed by atoms with Crippen LogP contribution in [0.1, 0.15) is 5.56 Å². The number of nitrogens with one attached hydrogen (secondary N) is 1. The number of sulfonamides is 1. The van der Waals surface area contributed by atoms with Gasteiger partial charge in [-0.25, -0.2) is 8.42 Å². The molecule has 1 aromatic rings. The quantitative estimate of drug-likeness (QED) is 0.908. The van der Waals surface area contributed by atoms with Crippen molar-refractivity contribution in [2.24, 2.45) is 0 Å². The van der Waals surface area contributed by atoms with E-state index in [1.807, 2.05) is 4.72 Å². The Morgan fingerprint density at radius 3 is 2.53 bits per heavy atom. The molecule has 0 aromatic heterocycles. The minimum Gasteiger partial charge on any atom is -0.384 e. The lowest BCUT2D eigenvalue weighted by molar-refractivity contribution is -0.137. The molecular formula is C10H11ClF3NO3S. The predicted octanol–water partition coefficient (Wildman–Crippen LogP) is 2.75. The average Bonchev–Trinajstić information content (AvgIpc) is 2.27. The molecule has 0 unspecified atom stereocenters. The maximum atomic E-state index is 12.6.